The van der Waals surface area contributed by atoms with Crippen LogP contribution in [0, 0.1) is 12.8 Å². The number of nitrogens with one attached hydrogen (secondary N) is 1. The Bertz CT molecular complexity index is 1380. The standard InChI is InChI=1S/C25H25N3O4S/c1-16-6-9-21-20(12-16)22(27-25(30)17-7-8-19(29)13-17)14-24(26-21)28-10-11-33(31,32)23-5-3-2-4-18(23)15-28/h2-6,9,12,14,17H,7-8,10-11,13,15H2,1H3,(H,26,27,30). The zero-order chi connectivity index (χ0) is 23.2. The summed E-state index contributed by atoms with van der Waals surface area (Å²) in [6.07, 6.45) is 1.29. The van der Waals surface area contributed by atoms with Crippen molar-refractivity contribution in [1.29, 1.82) is 0 Å². The number of anilines is 2. The van der Waals surface area contributed by atoms with Crippen LogP contribution in [0.3, 0.4) is 0 Å². The van der Waals surface area contributed by atoms with Crippen molar-refractivity contribution in [2.75, 3.05) is 22.5 Å². The molecule has 7 nitrogen and oxygen atoms in total. The summed E-state index contributed by atoms with van der Waals surface area (Å²) in [6, 6.07) is 14.7. The second-order valence-electron chi connectivity index (χ2n) is 8.86. The van der Waals surface area contributed by atoms with Gasteiger partial charge in [0.15, 0.2) is 9.84 Å². The fourth-order valence-electron chi connectivity index (χ4n) is 4.62. The average Bonchev–Trinajstić information content (AvgIpc) is 3.17. The van der Waals surface area contributed by atoms with E-state index in [4.69, 9.17) is 4.98 Å². The number of ketones is 1. The molecule has 170 valence electrons. The van der Waals surface area contributed by atoms with Gasteiger partial charge in [-0.05, 0) is 37.1 Å². The van der Waals surface area contributed by atoms with Crippen LogP contribution in [-0.2, 0) is 26.0 Å². The lowest BCUT2D eigenvalue weighted by atomic mass is 10.1. The Morgan fingerprint density at radius 2 is 1.97 bits per heavy atom. The molecule has 1 atom stereocenters. The molecule has 0 radical (unpaired) electrons. The molecule has 1 N–H and O–H groups in total. The zero-order valence-corrected chi connectivity index (χ0v) is 19.2. The van der Waals surface area contributed by atoms with Crippen LogP contribution >= 0.6 is 0 Å². The minimum Gasteiger partial charge on any atom is -0.351 e. The van der Waals surface area contributed by atoms with Crippen LogP contribution < -0.4 is 10.2 Å². The van der Waals surface area contributed by atoms with E-state index in [9.17, 15) is 18.0 Å². The van der Waals surface area contributed by atoms with Gasteiger partial charge in [0.2, 0.25) is 5.91 Å². The first-order valence-electron chi connectivity index (χ1n) is 11.1. The van der Waals surface area contributed by atoms with Gasteiger partial charge >= 0.3 is 0 Å². The first-order chi connectivity index (χ1) is 15.8. The van der Waals surface area contributed by atoms with Gasteiger partial charge in [-0.25, -0.2) is 13.4 Å². The molecular weight excluding hydrogens is 438 g/mol. The van der Waals surface area contributed by atoms with Gasteiger partial charge in [0.05, 0.1) is 21.9 Å². The van der Waals surface area contributed by atoms with Gasteiger partial charge in [0.25, 0.3) is 0 Å². The van der Waals surface area contributed by atoms with Gasteiger partial charge in [-0.1, -0.05) is 29.8 Å². The molecule has 1 aliphatic carbocycles. The van der Waals surface area contributed by atoms with Gasteiger partial charge in [-0.3, -0.25) is 9.59 Å². The fourth-order valence-corrected chi connectivity index (χ4v) is 6.12. The van der Waals surface area contributed by atoms with Gasteiger partial charge in [0.1, 0.15) is 11.6 Å². The Morgan fingerprint density at radius 3 is 2.76 bits per heavy atom. The minimum absolute atomic E-state index is 0.0104. The summed E-state index contributed by atoms with van der Waals surface area (Å²) in [5.41, 5.74) is 3.12. The maximum absolute atomic E-state index is 12.9. The summed E-state index contributed by atoms with van der Waals surface area (Å²) >= 11 is 0. The lowest BCUT2D eigenvalue weighted by Gasteiger charge is -2.23. The number of benzene rings is 2. The molecule has 1 saturated carbocycles. The molecule has 1 fully saturated rings. The van der Waals surface area contributed by atoms with Gasteiger partial charge in [-0.15, -0.1) is 0 Å². The van der Waals surface area contributed by atoms with Crippen molar-refractivity contribution < 1.29 is 18.0 Å². The third-order valence-corrected chi connectivity index (χ3v) is 8.24. The van der Waals surface area contributed by atoms with E-state index in [-0.39, 0.29) is 29.8 Å². The molecule has 1 amide bonds. The lowest BCUT2D eigenvalue weighted by molar-refractivity contribution is -0.122. The van der Waals surface area contributed by atoms with Gasteiger partial charge < -0.3 is 10.2 Å². The van der Waals surface area contributed by atoms with E-state index < -0.39 is 9.84 Å². The molecule has 0 bridgehead atoms. The maximum Gasteiger partial charge on any atom is 0.227 e. The Labute approximate surface area is 192 Å². The number of pyridine rings is 1. The number of hydrogen-bond donors (Lipinski definition) is 1. The van der Waals surface area contributed by atoms with E-state index in [1.165, 1.54) is 0 Å². The third kappa shape index (κ3) is 4.23. The van der Waals surface area contributed by atoms with Crippen LogP contribution in [0.25, 0.3) is 10.9 Å². The molecule has 2 aliphatic rings. The summed E-state index contributed by atoms with van der Waals surface area (Å²) in [5, 5.41) is 3.85. The molecule has 0 saturated heterocycles. The maximum atomic E-state index is 12.9. The zero-order valence-electron chi connectivity index (χ0n) is 18.4. The first kappa shape index (κ1) is 21.6. The smallest absolute Gasteiger partial charge is 0.227 e. The first-order valence-corrected chi connectivity index (χ1v) is 12.7. The Kier molecular flexibility index (Phi) is 5.40. The predicted molar refractivity (Wildman–Crippen MR) is 127 cm³/mol. The number of amides is 1. The summed E-state index contributed by atoms with van der Waals surface area (Å²) in [4.78, 5) is 31.7. The quantitative estimate of drug-likeness (QED) is 0.637. The van der Waals surface area contributed by atoms with Crippen molar-refractivity contribution in [2.45, 2.75) is 37.6 Å². The van der Waals surface area contributed by atoms with E-state index in [0.29, 0.717) is 42.3 Å². The second-order valence-corrected chi connectivity index (χ2v) is 10.9. The molecule has 33 heavy (non-hydrogen) atoms. The van der Waals surface area contributed by atoms with Crippen LogP contribution in [0.1, 0.15) is 30.4 Å². The molecule has 1 unspecified atom stereocenters. The monoisotopic (exact) mass is 463 g/mol. The number of nitrogens with zero attached hydrogens (tertiary/aromatic N) is 2. The number of rotatable bonds is 3. The normalized spacial score (nSPS) is 19.8. The van der Waals surface area contributed by atoms with Crippen LogP contribution in [-0.4, -0.2) is 37.4 Å². The number of sulfone groups is 1. The SMILES string of the molecule is Cc1ccc2nc(N3CCS(=O)(=O)c4ccccc4C3)cc(NC(=O)C3CCC(=O)C3)c2c1. The van der Waals surface area contributed by atoms with E-state index in [0.717, 1.165) is 22.0 Å². The second kappa shape index (κ2) is 8.26. The topological polar surface area (TPSA) is 96.4 Å². The number of Topliss-reactive ketones (excluding diaryl/α,β-unsaturated/α-hetero) is 1. The van der Waals surface area contributed by atoms with Gasteiger partial charge in [0, 0.05) is 43.3 Å². The number of fused-ring (bicyclic) bond motifs is 2. The van der Waals surface area contributed by atoms with E-state index in [2.05, 4.69) is 5.32 Å². The average molecular weight is 464 g/mol. The van der Waals surface area contributed by atoms with Crippen molar-refractivity contribution in [1.82, 2.24) is 4.98 Å². The van der Waals surface area contributed by atoms with Crippen molar-refractivity contribution in [3.8, 4) is 0 Å². The van der Waals surface area contributed by atoms with Crippen molar-refractivity contribution in [3.05, 3.63) is 59.7 Å². The number of aryl methyl sites for hydroxylation is 1. The Balaban J connectivity index is 1.55. The van der Waals surface area contributed by atoms with Gasteiger partial charge in [-0.2, -0.15) is 0 Å². The van der Waals surface area contributed by atoms with Crippen LogP contribution in [0.2, 0.25) is 0 Å². The third-order valence-electron chi connectivity index (χ3n) is 6.45. The molecule has 5 rings (SSSR count). The Morgan fingerprint density at radius 1 is 1.15 bits per heavy atom. The van der Waals surface area contributed by atoms with E-state index in [1.807, 2.05) is 48.2 Å². The molecule has 3 aromatic rings. The number of carbonyl (C=O) groups is 2. The number of carbonyl (C=O) groups excluding carboxylic acids is 2. The highest BCUT2D eigenvalue weighted by Gasteiger charge is 2.29. The van der Waals surface area contributed by atoms with Crippen molar-refractivity contribution in [3.63, 3.8) is 0 Å². The fraction of sp³-hybridized carbons (Fsp3) is 0.320. The summed E-state index contributed by atoms with van der Waals surface area (Å²) < 4.78 is 25.5. The number of hydrogen-bond acceptors (Lipinski definition) is 6. The van der Waals surface area contributed by atoms with E-state index >= 15 is 0 Å². The summed E-state index contributed by atoms with van der Waals surface area (Å²) in [6.45, 7) is 2.68. The highest BCUT2D eigenvalue weighted by molar-refractivity contribution is 7.91. The number of aromatic nitrogens is 1. The van der Waals surface area contributed by atoms with Crippen molar-refractivity contribution in [2.24, 2.45) is 5.92 Å². The molecule has 0 spiro atoms. The van der Waals surface area contributed by atoms with Crippen LogP contribution in [0.5, 0.6) is 0 Å². The molecule has 8 heteroatoms. The minimum atomic E-state index is -3.38. The largest absolute Gasteiger partial charge is 0.351 e. The summed E-state index contributed by atoms with van der Waals surface area (Å²) in [7, 11) is -3.38. The molecule has 1 aliphatic heterocycles. The Hall–Kier alpha value is -3.26. The molecule has 2 heterocycles. The molecular formula is C25H25N3O4S. The summed E-state index contributed by atoms with van der Waals surface area (Å²) in [5.74, 6) is 0.240. The van der Waals surface area contributed by atoms with Crippen molar-refractivity contribution >= 4 is 43.9 Å². The molecule has 2 aromatic carbocycles. The van der Waals surface area contributed by atoms with Crippen LogP contribution in [0.15, 0.2) is 53.4 Å². The van der Waals surface area contributed by atoms with E-state index in [1.54, 1.807) is 12.1 Å². The predicted octanol–water partition coefficient (Wildman–Crippen LogP) is 3.64. The highest BCUT2D eigenvalue weighted by atomic mass is 32.2. The highest BCUT2D eigenvalue weighted by Crippen LogP contribution is 2.32. The molecule has 1 aromatic heterocycles. The van der Waals surface area contributed by atoms with Crippen LogP contribution in [0.4, 0.5) is 11.5 Å². The lowest BCUT2D eigenvalue weighted by Crippen LogP contribution is -2.27.